The summed E-state index contributed by atoms with van der Waals surface area (Å²) in [6.07, 6.45) is 3.89. The first-order valence-corrected chi connectivity index (χ1v) is 7.96. The number of carbonyl (C=O) groups excluding carboxylic acids is 2. The Morgan fingerprint density at radius 1 is 1.08 bits per heavy atom. The van der Waals surface area contributed by atoms with Crippen molar-refractivity contribution in [3.05, 3.63) is 59.2 Å². The van der Waals surface area contributed by atoms with E-state index in [9.17, 15) is 9.59 Å². The molecule has 0 radical (unpaired) electrons. The molecule has 6 nitrogen and oxygen atoms in total. The third-order valence-electron chi connectivity index (χ3n) is 3.67. The number of nitrogens with one attached hydrogen (secondary N) is 2. The van der Waals surface area contributed by atoms with Gasteiger partial charge in [-0.2, -0.15) is 0 Å². The number of hydrogen-bond acceptors (Lipinski definition) is 4. The summed E-state index contributed by atoms with van der Waals surface area (Å²) in [5, 5.41) is 5.70. The van der Waals surface area contributed by atoms with Gasteiger partial charge in [-0.15, -0.1) is 0 Å². The Hall–Kier alpha value is -2.76. The first kappa shape index (κ1) is 17.6. The molecule has 24 heavy (non-hydrogen) atoms. The Balaban J connectivity index is 1.90. The highest BCUT2D eigenvalue weighted by Gasteiger charge is 2.09. The van der Waals surface area contributed by atoms with Gasteiger partial charge in [0.15, 0.2) is 0 Å². The van der Waals surface area contributed by atoms with Gasteiger partial charge in [-0.05, 0) is 38.0 Å². The van der Waals surface area contributed by atoms with Gasteiger partial charge >= 0.3 is 0 Å². The monoisotopic (exact) mass is 326 g/mol. The van der Waals surface area contributed by atoms with Crippen LogP contribution in [0.3, 0.4) is 0 Å². The molecular formula is C18H22N4O2. The van der Waals surface area contributed by atoms with Crippen molar-refractivity contribution in [3.63, 3.8) is 0 Å². The van der Waals surface area contributed by atoms with Gasteiger partial charge in [0.1, 0.15) is 5.69 Å². The van der Waals surface area contributed by atoms with E-state index in [0.717, 1.165) is 17.7 Å². The topological polar surface area (TPSA) is 84.0 Å². The van der Waals surface area contributed by atoms with Gasteiger partial charge in [-0.25, -0.2) is 4.98 Å². The summed E-state index contributed by atoms with van der Waals surface area (Å²) in [6.45, 7) is 6.17. The first-order valence-electron chi connectivity index (χ1n) is 7.96. The molecule has 1 aromatic carbocycles. The van der Waals surface area contributed by atoms with Gasteiger partial charge < -0.3 is 10.6 Å². The third-order valence-corrected chi connectivity index (χ3v) is 3.67. The lowest BCUT2D eigenvalue weighted by Gasteiger charge is -2.11. The molecule has 126 valence electrons. The van der Waals surface area contributed by atoms with E-state index < -0.39 is 0 Å². The second-order valence-electron chi connectivity index (χ2n) is 5.71. The normalized spacial score (nSPS) is 11.6. The summed E-state index contributed by atoms with van der Waals surface area (Å²) in [6, 6.07) is 7.31. The van der Waals surface area contributed by atoms with Crippen LogP contribution < -0.4 is 10.6 Å². The van der Waals surface area contributed by atoms with Crippen molar-refractivity contribution in [2.24, 2.45) is 0 Å². The molecule has 0 aliphatic carbocycles. The highest BCUT2D eigenvalue weighted by Crippen LogP contribution is 2.06. The molecule has 0 aliphatic heterocycles. The van der Waals surface area contributed by atoms with E-state index in [-0.39, 0.29) is 23.6 Å². The molecule has 6 heteroatoms. The number of benzene rings is 1. The molecule has 0 aliphatic rings. The highest BCUT2D eigenvalue weighted by atomic mass is 16.2. The maximum atomic E-state index is 12.0. The zero-order valence-electron chi connectivity index (χ0n) is 14.2. The van der Waals surface area contributed by atoms with Crippen LogP contribution in [-0.4, -0.2) is 27.8 Å². The molecule has 1 aromatic heterocycles. The van der Waals surface area contributed by atoms with Gasteiger partial charge in [0.05, 0.1) is 11.9 Å². The molecule has 0 fully saturated rings. The standard InChI is InChI=1S/C18H22N4O2/c1-4-12(2)22-17(23)15-7-5-14(6-8-15)10-21-18(24)16-11-19-13(3)9-20-16/h5-9,11-12H,4,10H2,1-3H3,(H,21,24)(H,22,23)/t12-/m1/s1. The lowest BCUT2D eigenvalue weighted by atomic mass is 10.1. The van der Waals surface area contributed by atoms with Crippen LogP contribution in [0, 0.1) is 6.92 Å². The number of hydrogen-bond donors (Lipinski definition) is 2. The smallest absolute Gasteiger partial charge is 0.271 e. The zero-order chi connectivity index (χ0) is 17.5. The Bertz CT molecular complexity index is 696. The van der Waals surface area contributed by atoms with Crippen LogP contribution in [0.15, 0.2) is 36.7 Å². The molecule has 1 heterocycles. The van der Waals surface area contributed by atoms with Crippen molar-refractivity contribution >= 4 is 11.8 Å². The van der Waals surface area contributed by atoms with Crippen LogP contribution in [-0.2, 0) is 6.54 Å². The molecule has 0 unspecified atom stereocenters. The van der Waals surface area contributed by atoms with Crippen molar-refractivity contribution in [2.75, 3.05) is 0 Å². The molecule has 2 N–H and O–H groups in total. The summed E-state index contributed by atoms with van der Waals surface area (Å²) >= 11 is 0. The third kappa shape index (κ3) is 4.87. The molecule has 1 atom stereocenters. The van der Waals surface area contributed by atoms with Crippen LogP contribution in [0.2, 0.25) is 0 Å². The van der Waals surface area contributed by atoms with Crippen LogP contribution in [0.25, 0.3) is 0 Å². The van der Waals surface area contributed by atoms with Crippen molar-refractivity contribution in [2.45, 2.75) is 39.8 Å². The van der Waals surface area contributed by atoms with Gasteiger partial charge in [-0.3, -0.25) is 14.6 Å². The molecule has 0 spiro atoms. The predicted octanol–water partition coefficient (Wildman–Crippen LogP) is 2.24. The van der Waals surface area contributed by atoms with E-state index in [1.54, 1.807) is 18.3 Å². The average molecular weight is 326 g/mol. The van der Waals surface area contributed by atoms with Crippen molar-refractivity contribution in [1.29, 1.82) is 0 Å². The summed E-state index contributed by atoms with van der Waals surface area (Å²) in [5.74, 6) is -0.365. The maximum Gasteiger partial charge on any atom is 0.271 e. The Morgan fingerprint density at radius 2 is 1.79 bits per heavy atom. The summed E-state index contributed by atoms with van der Waals surface area (Å²) in [5.41, 5.74) is 2.56. The van der Waals surface area contributed by atoms with E-state index in [2.05, 4.69) is 20.6 Å². The van der Waals surface area contributed by atoms with E-state index in [1.807, 2.05) is 32.9 Å². The van der Waals surface area contributed by atoms with Crippen LogP contribution in [0.5, 0.6) is 0 Å². The molecule has 0 bridgehead atoms. The second kappa shape index (κ2) is 8.19. The predicted molar refractivity (Wildman–Crippen MR) is 91.6 cm³/mol. The lowest BCUT2D eigenvalue weighted by Crippen LogP contribution is -2.31. The summed E-state index contributed by atoms with van der Waals surface area (Å²) in [7, 11) is 0. The maximum absolute atomic E-state index is 12.0. The van der Waals surface area contributed by atoms with Gasteiger partial charge in [0, 0.05) is 24.3 Å². The van der Waals surface area contributed by atoms with Gasteiger partial charge in [-0.1, -0.05) is 19.1 Å². The van der Waals surface area contributed by atoms with Crippen molar-refractivity contribution in [1.82, 2.24) is 20.6 Å². The Labute approximate surface area is 141 Å². The fourth-order valence-electron chi connectivity index (χ4n) is 1.97. The number of carbonyl (C=O) groups is 2. The molecule has 2 rings (SSSR count). The lowest BCUT2D eigenvalue weighted by molar-refractivity contribution is 0.0932. The minimum atomic E-state index is -0.277. The number of amides is 2. The second-order valence-corrected chi connectivity index (χ2v) is 5.71. The SMILES string of the molecule is CC[C@@H](C)NC(=O)c1ccc(CNC(=O)c2cnc(C)cn2)cc1. The fourth-order valence-corrected chi connectivity index (χ4v) is 1.97. The number of rotatable bonds is 6. The average Bonchev–Trinajstić information content (AvgIpc) is 2.60. The molecule has 0 saturated carbocycles. The van der Waals surface area contributed by atoms with Gasteiger partial charge in [0.25, 0.3) is 11.8 Å². The summed E-state index contributed by atoms with van der Waals surface area (Å²) in [4.78, 5) is 32.1. The highest BCUT2D eigenvalue weighted by molar-refractivity contribution is 5.94. The van der Waals surface area contributed by atoms with Crippen molar-refractivity contribution in [3.8, 4) is 0 Å². The summed E-state index contributed by atoms with van der Waals surface area (Å²) < 4.78 is 0. The quantitative estimate of drug-likeness (QED) is 0.853. The molecule has 0 saturated heterocycles. The van der Waals surface area contributed by atoms with Crippen LogP contribution >= 0.6 is 0 Å². The number of nitrogens with zero attached hydrogens (tertiary/aromatic N) is 2. The Morgan fingerprint density at radius 3 is 2.38 bits per heavy atom. The molecular weight excluding hydrogens is 304 g/mol. The minimum absolute atomic E-state index is 0.0881. The van der Waals surface area contributed by atoms with Crippen molar-refractivity contribution < 1.29 is 9.59 Å². The van der Waals surface area contributed by atoms with E-state index >= 15 is 0 Å². The van der Waals surface area contributed by atoms with Crippen LogP contribution in [0.4, 0.5) is 0 Å². The fraction of sp³-hybridized carbons (Fsp3) is 0.333. The molecule has 2 amide bonds. The number of aromatic nitrogens is 2. The van der Waals surface area contributed by atoms with E-state index in [1.165, 1.54) is 6.20 Å². The number of aryl methyl sites for hydroxylation is 1. The van der Waals surface area contributed by atoms with E-state index in [4.69, 9.17) is 0 Å². The van der Waals surface area contributed by atoms with Crippen LogP contribution in [0.1, 0.15) is 52.4 Å². The molecule has 2 aromatic rings. The Kier molecular flexibility index (Phi) is 6.01. The van der Waals surface area contributed by atoms with Gasteiger partial charge in [0.2, 0.25) is 0 Å². The largest absolute Gasteiger partial charge is 0.350 e. The zero-order valence-corrected chi connectivity index (χ0v) is 14.2. The first-order chi connectivity index (χ1) is 11.5. The minimum Gasteiger partial charge on any atom is -0.350 e. The van der Waals surface area contributed by atoms with E-state index in [0.29, 0.717) is 12.1 Å².